The number of nitriles is 1. The van der Waals surface area contributed by atoms with Crippen molar-refractivity contribution in [3.63, 3.8) is 0 Å². The molecule has 1 aliphatic rings. The zero-order valence-corrected chi connectivity index (χ0v) is 13.7. The number of ether oxygens (including phenoxy) is 1. The molecule has 1 saturated heterocycles. The third-order valence-corrected chi connectivity index (χ3v) is 4.37. The second-order valence-electron chi connectivity index (χ2n) is 5.95. The van der Waals surface area contributed by atoms with Gasteiger partial charge in [0.15, 0.2) is 5.82 Å². The van der Waals surface area contributed by atoms with Crippen LogP contribution in [0.5, 0.6) is 0 Å². The van der Waals surface area contributed by atoms with Gasteiger partial charge in [-0.25, -0.2) is 0 Å². The summed E-state index contributed by atoms with van der Waals surface area (Å²) >= 11 is 0. The third-order valence-electron chi connectivity index (χ3n) is 4.37. The van der Waals surface area contributed by atoms with Gasteiger partial charge in [-0.05, 0) is 38.3 Å². The molecule has 0 radical (unpaired) electrons. The maximum atomic E-state index is 9.06. The summed E-state index contributed by atoms with van der Waals surface area (Å²) in [7, 11) is 1.91. The van der Waals surface area contributed by atoms with Crippen LogP contribution in [0, 0.1) is 25.2 Å². The van der Waals surface area contributed by atoms with Gasteiger partial charge in [0.1, 0.15) is 17.9 Å². The Morgan fingerprint density at radius 2 is 2.26 bits per heavy atom. The first kappa shape index (κ1) is 15.7. The first-order chi connectivity index (χ1) is 11.1. The van der Waals surface area contributed by atoms with Crippen LogP contribution in [0.15, 0.2) is 10.6 Å². The molecule has 7 nitrogen and oxygen atoms in total. The molecule has 122 valence electrons. The van der Waals surface area contributed by atoms with E-state index in [1.807, 2.05) is 24.6 Å². The number of hydrogen-bond donors (Lipinski definition) is 1. The predicted molar refractivity (Wildman–Crippen MR) is 82.5 cm³/mol. The number of hydrogen-bond acceptors (Lipinski definition) is 6. The minimum absolute atomic E-state index is 0.0911. The zero-order chi connectivity index (χ0) is 16.4. The average molecular weight is 315 g/mol. The molecule has 2 aromatic rings. The summed E-state index contributed by atoms with van der Waals surface area (Å²) in [5, 5.41) is 16.3. The fourth-order valence-electron chi connectivity index (χ4n) is 2.90. The van der Waals surface area contributed by atoms with Gasteiger partial charge in [-0.15, -0.1) is 0 Å². The van der Waals surface area contributed by atoms with E-state index in [1.54, 1.807) is 6.92 Å². The molecule has 0 aromatic carbocycles. The Hall–Kier alpha value is -2.17. The third kappa shape index (κ3) is 3.28. The van der Waals surface area contributed by atoms with Crippen molar-refractivity contribution in [3.05, 3.63) is 34.7 Å². The fraction of sp³-hybridized carbons (Fsp3) is 0.562. The number of nitrogens with one attached hydrogen (secondary N) is 1. The van der Waals surface area contributed by atoms with Crippen LogP contribution in [0.3, 0.4) is 0 Å². The van der Waals surface area contributed by atoms with E-state index in [0.29, 0.717) is 17.4 Å². The molecule has 0 amide bonds. The highest BCUT2D eigenvalue weighted by Gasteiger charge is 2.30. The highest BCUT2D eigenvalue weighted by molar-refractivity contribution is 5.34. The summed E-state index contributed by atoms with van der Waals surface area (Å²) in [6, 6.07) is 4.13. The normalized spacial score (nSPS) is 20.8. The second-order valence-corrected chi connectivity index (χ2v) is 5.95. The van der Waals surface area contributed by atoms with Crippen LogP contribution in [-0.2, 0) is 18.3 Å². The molecule has 1 aliphatic heterocycles. The van der Waals surface area contributed by atoms with E-state index in [4.69, 9.17) is 14.5 Å². The summed E-state index contributed by atoms with van der Waals surface area (Å²) < 4.78 is 13.1. The van der Waals surface area contributed by atoms with Gasteiger partial charge in [-0.2, -0.15) is 10.2 Å². The zero-order valence-electron chi connectivity index (χ0n) is 13.7. The predicted octanol–water partition coefficient (Wildman–Crippen LogP) is 1.91. The minimum Gasteiger partial charge on any atom is -0.364 e. The molecule has 2 atom stereocenters. The van der Waals surface area contributed by atoms with E-state index in [1.165, 1.54) is 0 Å². The lowest BCUT2D eigenvalue weighted by Crippen LogP contribution is -2.26. The van der Waals surface area contributed by atoms with Gasteiger partial charge >= 0.3 is 0 Å². The molecule has 0 bridgehead atoms. The van der Waals surface area contributed by atoms with Gasteiger partial charge in [0, 0.05) is 25.8 Å². The largest absolute Gasteiger partial charge is 0.364 e. The van der Waals surface area contributed by atoms with Crippen LogP contribution in [-0.4, -0.2) is 27.4 Å². The lowest BCUT2D eigenvalue weighted by Gasteiger charge is -2.12. The summed E-state index contributed by atoms with van der Waals surface area (Å²) in [6.07, 6.45) is 1.92. The van der Waals surface area contributed by atoms with Crippen LogP contribution in [0.1, 0.15) is 47.6 Å². The molecule has 0 unspecified atom stereocenters. The van der Waals surface area contributed by atoms with Crippen molar-refractivity contribution in [1.29, 1.82) is 5.26 Å². The van der Waals surface area contributed by atoms with Gasteiger partial charge in [0.2, 0.25) is 0 Å². The van der Waals surface area contributed by atoms with Crippen LogP contribution < -0.4 is 5.32 Å². The van der Waals surface area contributed by atoms with Crippen LogP contribution in [0.25, 0.3) is 0 Å². The molecule has 0 saturated carbocycles. The van der Waals surface area contributed by atoms with Gasteiger partial charge in [0.05, 0.1) is 6.10 Å². The SMILES string of the molecule is Cc1noc([C@@H]2CC[C@H](CNCc3cc(C#N)n(C)c3C)O2)n1. The molecule has 0 aliphatic carbocycles. The summed E-state index contributed by atoms with van der Waals surface area (Å²) in [6.45, 7) is 5.32. The van der Waals surface area contributed by atoms with Crippen molar-refractivity contribution in [2.24, 2.45) is 7.05 Å². The van der Waals surface area contributed by atoms with Gasteiger partial charge in [0.25, 0.3) is 5.89 Å². The topological polar surface area (TPSA) is 88.9 Å². The molecular formula is C16H21N5O2. The Morgan fingerprint density at radius 1 is 1.43 bits per heavy atom. The summed E-state index contributed by atoms with van der Waals surface area (Å²) in [4.78, 5) is 4.23. The lowest BCUT2D eigenvalue weighted by atomic mass is 10.2. The second kappa shape index (κ2) is 6.52. The maximum absolute atomic E-state index is 9.06. The van der Waals surface area contributed by atoms with Crippen LogP contribution in [0.2, 0.25) is 0 Å². The Balaban J connectivity index is 1.50. The van der Waals surface area contributed by atoms with Crippen molar-refractivity contribution in [2.75, 3.05) is 6.54 Å². The Morgan fingerprint density at radius 3 is 2.91 bits per heavy atom. The molecular weight excluding hydrogens is 294 g/mol. The van der Waals surface area contributed by atoms with Gasteiger partial charge < -0.3 is 19.1 Å². The van der Waals surface area contributed by atoms with Crippen molar-refractivity contribution in [1.82, 2.24) is 20.0 Å². The van der Waals surface area contributed by atoms with E-state index >= 15 is 0 Å². The van der Waals surface area contributed by atoms with Gasteiger partial charge in [-0.1, -0.05) is 5.16 Å². The highest BCUT2D eigenvalue weighted by Crippen LogP contribution is 2.31. The number of nitrogens with zero attached hydrogens (tertiary/aromatic N) is 4. The molecule has 0 spiro atoms. The molecule has 3 rings (SSSR count). The minimum atomic E-state index is -0.0911. The Bertz CT molecular complexity index is 727. The average Bonchev–Trinajstić information content (AvgIpc) is 3.23. The summed E-state index contributed by atoms with van der Waals surface area (Å²) in [5.41, 5.74) is 2.94. The number of rotatable bonds is 5. The monoisotopic (exact) mass is 315 g/mol. The molecule has 1 fully saturated rings. The summed E-state index contributed by atoms with van der Waals surface area (Å²) in [5.74, 6) is 1.21. The van der Waals surface area contributed by atoms with Crippen molar-refractivity contribution >= 4 is 0 Å². The van der Waals surface area contributed by atoms with Crippen LogP contribution in [0.4, 0.5) is 0 Å². The van der Waals surface area contributed by atoms with E-state index in [0.717, 1.165) is 37.2 Å². The molecule has 3 heterocycles. The molecule has 7 heteroatoms. The van der Waals surface area contributed by atoms with E-state index in [2.05, 4.69) is 21.5 Å². The molecule has 2 aromatic heterocycles. The van der Waals surface area contributed by atoms with Gasteiger partial charge in [-0.3, -0.25) is 0 Å². The lowest BCUT2D eigenvalue weighted by molar-refractivity contribution is 0.0264. The first-order valence-corrected chi connectivity index (χ1v) is 7.80. The molecule has 1 N–H and O–H groups in total. The Kier molecular flexibility index (Phi) is 4.46. The number of aromatic nitrogens is 3. The standard InChI is InChI=1S/C16H21N5O2/c1-10-12(6-13(7-17)21(10)3)8-18-9-14-4-5-15(22-14)16-19-11(2)20-23-16/h6,14-15,18H,4-5,8-9H2,1-3H3/t14-,15+/m1/s1. The van der Waals surface area contributed by atoms with Crippen LogP contribution >= 0.6 is 0 Å². The van der Waals surface area contributed by atoms with E-state index < -0.39 is 0 Å². The number of aryl methyl sites for hydroxylation is 1. The van der Waals surface area contributed by atoms with Crippen molar-refractivity contribution in [2.45, 2.75) is 45.4 Å². The van der Waals surface area contributed by atoms with E-state index in [-0.39, 0.29) is 12.2 Å². The molecule has 23 heavy (non-hydrogen) atoms. The maximum Gasteiger partial charge on any atom is 0.255 e. The Labute approximate surface area is 135 Å². The smallest absolute Gasteiger partial charge is 0.255 e. The highest BCUT2D eigenvalue weighted by atomic mass is 16.5. The quantitative estimate of drug-likeness (QED) is 0.906. The van der Waals surface area contributed by atoms with Crippen molar-refractivity contribution < 1.29 is 9.26 Å². The van der Waals surface area contributed by atoms with E-state index in [9.17, 15) is 0 Å². The van der Waals surface area contributed by atoms with Crippen molar-refractivity contribution in [3.8, 4) is 6.07 Å². The first-order valence-electron chi connectivity index (χ1n) is 7.80. The fourth-order valence-corrected chi connectivity index (χ4v) is 2.90.